The minimum atomic E-state index is -0.0706. The van der Waals surface area contributed by atoms with Crippen molar-refractivity contribution < 1.29 is 9.59 Å². The molecule has 0 aliphatic carbocycles. The van der Waals surface area contributed by atoms with Gasteiger partial charge in [0.1, 0.15) is 0 Å². The molecule has 0 bridgehead atoms. The number of benzene rings is 2. The molecule has 2 N–H and O–H groups in total. The second-order valence-electron chi connectivity index (χ2n) is 6.08. The molecule has 0 atom stereocenters. The summed E-state index contributed by atoms with van der Waals surface area (Å²) in [4.78, 5) is 25.6. The summed E-state index contributed by atoms with van der Waals surface area (Å²) in [5.41, 5.74) is 1.62. The van der Waals surface area contributed by atoms with E-state index in [0.29, 0.717) is 36.0 Å². The molecular weight excluding hydrogens is 546 g/mol. The van der Waals surface area contributed by atoms with Crippen LogP contribution >= 0.6 is 22.7 Å². The van der Waals surface area contributed by atoms with Crippen molar-refractivity contribution in [2.45, 2.75) is 0 Å². The van der Waals surface area contributed by atoms with Crippen molar-refractivity contribution in [1.82, 2.24) is 0 Å². The zero-order valence-corrected chi connectivity index (χ0v) is 20.6. The van der Waals surface area contributed by atoms with Gasteiger partial charge in [0.2, 0.25) is 0 Å². The van der Waals surface area contributed by atoms with Crippen LogP contribution in [0.15, 0.2) is 83.6 Å². The predicted molar refractivity (Wildman–Crippen MR) is 128 cm³/mol. The van der Waals surface area contributed by atoms with Crippen LogP contribution in [0.3, 0.4) is 0 Å². The van der Waals surface area contributed by atoms with E-state index in [9.17, 15) is 9.59 Å². The van der Waals surface area contributed by atoms with Gasteiger partial charge in [0.15, 0.2) is 0 Å². The standard InChI is InChI=1S/C22H16N2O2S2Se2/c25-21(19-3-1-13-27-19)23-15-5-9-17(10-6-15)29-30-18-11-7-16(8-12-18)24-22(26)20-4-2-14-28-20/h1-14H,(H,23,25)(H,24,26). The second kappa shape index (κ2) is 10.2. The molecule has 4 rings (SSSR count). The molecule has 2 amide bonds. The van der Waals surface area contributed by atoms with Gasteiger partial charge >= 0.3 is 195 Å². The van der Waals surface area contributed by atoms with Gasteiger partial charge < -0.3 is 0 Å². The average molecular weight is 562 g/mol. The van der Waals surface area contributed by atoms with Gasteiger partial charge in [-0.25, -0.2) is 0 Å². The van der Waals surface area contributed by atoms with Gasteiger partial charge in [0, 0.05) is 0 Å². The van der Waals surface area contributed by atoms with Crippen molar-refractivity contribution in [3.05, 3.63) is 93.3 Å². The third kappa shape index (κ3) is 5.70. The number of thiophene rings is 2. The van der Waals surface area contributed by atoms with Crippen LogP contribution in [-0.2, 0) is 0 Å². The molecule has 2 heterocycles. The number of hydrogen-bond donors (Lipinski definition) is 2. The van der Waals surface area contributed by atoms with E-state index in [2.05, 4.69) is 34.9 Å². The first-order chi connectivity index (χ1) is 14.7. The predicted octanol–water partition coefficient (Wildman–Crippen LogP) is 3.59. The van der Waals surface area contributed by atoms with Crippen LogP contribution in [0.5, 0.6) is 0 Å². The number of carbonyl (C=O) groups excluding carboxylic acids is 2. The van der Waals surface area contributed by atoms with Crippen LogP contribution in [0.4, 0.5) is 11.4 Å². The summed E-state index contributed by atoms with van der Waals surface area (Å²) in [5, 5.41) is 9.65. The third-order valence-corrected chi connectivity index (χ3v) is 12.9. The molecule has 8 heteroatoms. The number of nitrogens with one attached hydrogen (secondary N) is 2. The molecule has 0 unspecified atom stereocenters. The van der Waals surface area contributed by atoms with Crippen molar-refractivity contribution in [1.29, 1.82) is 0 Å². The number of anilines is 2. The van der Waals surface area contributed by atoms with E-state index in [1.165, 1.54) is 31.6 Å². The maximum absolute atomic E-state index is 12.1. The summed E-state index contributed by atoms with van der Waals surface area (Å²) in [5.74, 6) is -0.141. The molecule has 0 fully saturated rings. The molecule has 2 aromatic heterocycles. The van der Waals surface area contributed by atoms with Gasteiger partial charge in [0.25, 0.3) is 0 Å². The second-order valence-corrected chi connectivity index (χ2v) is 14.3. The molecule has 30 heavy (non-hydrogen) atoms. The van der Waals surface area contributed by atoms with Gasteiger partial charge in [0.05, 0.1) is 0 Å². The summed E-state index contributed by atoms with van der Waals surface area (Å²) in [6, 6.07) is 23.6. The van der Waals surface area contributed by atoms with Crippen molar-refractivity contribution in [3.63, 3.8) is 0 Å². The Morgan fingerprint density at radius 3 is 1.33 bits per heavy atom. The van der Waals surface area contributed by atoms with Gasteiger partial charge in [-0.2, -0.15) is 0 Å². The van der Waals surface area contributed by atoms with Gasteiger partial charge in [-0.1, -0.05) is 0 Å². The van der Waals surface area contributed by atoms with Crippen LogP contribution in [0.25, 0.3) is 0 Å². The van der Waals surface area contributed by atoms with E-state index >= 15 is 0 Å². The van der Waals surface area contributed by atoms with E-state index in [0.717, 1.165) is 11.4 Å². The summed E-state index contributed by atoms with van der Waals surface area (Å²) in [7, 11) is 0. The van der Waals surface area contributed by atoms with E-state index in [1.54, 1.807) is 0 Å². The van der Waals surface area contributed by atoms with Crippen molar-refractivity contribution >= 4 is 81.0 Å². The van der Waals surface area contributed by atoms with Crippen LogP contribution in [-0.4, -0.2) is 38.1 Å². The SMILES string of the molecule is O=C(Nc1ccc([Se][Se]c2ccc(NC(=O)c3cccs3)cc2)cc1)c1cccs1. The molecule has 0 aliphatic heterocycles. The van der Waals surface area contributed by atoms with Gasteiger partial charge in [-0.15, -0.1) is 0 Å². The Bertz CT molecular complexity index is 1020. The topological polar surface area (TPSA) is 58.2 Å². The minimum absolute atomic E-state index is 0.0706. The fourth-order valence-electron chi connectivity index (χ4n) is 2.48. The molecular formula is C22H16N2O2S2Se2. The molecule has 0 aliphatic rings. The normalized spacial score (nSPS) is 10.5. The first-order valence-electron chi connectivity index (χ1n) is 8.92. The van der Waals surface area contributed by atoms with Crippen LogP contribution < -0.4 is 19.6 Å². The number of carbonyl (C=O) groups is 2. The molecule has 2 aromatic carbocycles. The Balaban J connectivity index is 1.28. The Morgan fingerprint density at radius 2 is 1.00 bits per heavy atom. The quantitative estimate of drug-likeness (QED) is 0.339. The summed E-state index contributed by atoms with van der Waals surface area (Å²) in [6.45, 7) is 0. The van der Waals surface area contributed by atoms with Gasteiger partial charge in [-0.05, 0) is 0 Å². The molecule has 4 aromatic rings. The molecule has 0 saturated heterocycles. The third-order valence-electron chi connectivity index (χ3n) is 3.95. The van der Waals surface area contributed by atoms with Crippen LogP contribution in [0.1, 0.15) is 19.3 Å². The molecule has 0 saturated carbocycles. The van der Waals surface area contributed by atoms with Crippen molar-refractivity contribution in [2.75, 3.05) is 10.6 Å². The first kappa shape index (κ1) is 21.1. The number of hydrogen-bond acceptors (Lipinski definition) is 4. The van der Waals surface area contributed by atoms with E-state index in [4.69, 9.17) is 0 Å². The fourth-order valence-corrected chi connectivity index (χ4v) is 9.68. The monoisotopic (exact) mass is 564 g/mol. The first-order valence-corrected chi connectivity index (χ1v) is 16.7. The summed E-state index contributed by atoms with van der Waals surface area (Å²) < 4.78 is 2.60. The molecule has 0 spiro atoms. The number of rotatable bonds is 7. The Hall–Kier alpha value is -2.18. The van der Waals surface area contributed by atoms with Crippen molar-refractivity contribution in [3.8, 4) is 0 Å². The molecule has 4 nitrogen and oxygen atoms in total. The Labute approximate surface area is 193 Å². The summed E-state index contributed by atoms with van der Waals surface area (Å²) >= 11 is 3.57. The Morgan fingerprint density at radius 1 is 0.600 bits per heavy atom. The van der Waals surface area contributed by atoms with Crippen LogP contribution in [0, 0.1) is 0 Å². The van der Waals surface area contributed by atoms with Crippen molar-refractivity contribution in [2.24, 2.45) is 0 Å². The van der Waals surface area contributed by atoms with Crippen LogP contribution in [0.2, 0.25) is 0 Å². The number of amides is 2. The van der Waals surface area contributed by atoms with Gasteiger partial charge in [-0.3, -0.25) is 0 Å². The molecule has 150 valence electrons. The van der Waals surface area contributed by atoms with E-state index in [1.807, 2.05) is 59.3 Å². The molecule has 0 radical (unpaired) electrons. The van der Waals surface area contributed by atoms with E-state index < -0.39 is 0 Å². The average Bonchev–Trinajstić information content (AvgIpc) is 3.48. The zero-order chi connectivity index (χ0) is 20.8. The fraction of sp³-hybridized carbons (Fsp3) is 0. The Kier molecular flexibility index (Phi) is 7.18. The van der Waals surface area contributed by atoms with E-state index in [-0.39, 0.29) is 11.8 Å². The summed E-state index contributed by atoms with van der Waals surface area (Å²) in [6.07, 6.45) is 0. The maximum atomic E-state index is 12.1. The zero-order valence-electron chi connectivity index (χ0n) is 15.5.